The first kappa shape index (κ1) is 28.4. The smallest absolute Gasteiger partial charge is 0.336 e. The van der Waals surface area contributed by atoms with Crippen LogP contribution >= 0.6 is 0 Å². The minimum Gasteiger partial charge on any atom is -0.478 e. The SMILES string of the molecule is CC(C)(c1cccc(Oc2ccc(C(=O)O)c(C(=O)O)c2)c1)c1cccc(Oc2ccc(C(=O)O)c(C(=O)O)c2)c1. The van der Waals surface area contributed by atoms with Crippen LogP contribution in [0.4, 0.5) is 0 Å². The normalized spacial score (nSPS) is 11.0. The molecule has 10 heteroatoms. The zero-order valence-electron chi connectivity index (χ0n) is 21.8. The predicted molar refractivity (Wildman–Crippen MR) is 146 cm³/mol. The number of hydrogen-bond donors (Lipinski definition) is 4. The van der Waals surface area contributed by atoms with Crippen LogP contribution in [0.3, 0.4) is 0 Å². The molecule has 0 aromatic heterocycles. The Balaban J connectivity index is 1.60. The lowest BCUT2D eigenvalue weighted by atomic mass is 9.78. The predicted octanol–water partition coefficient (Wildman–Crippen LogP) is 6.39. The molecular formula is C31H24O10. The van der Waals surface area contributed by atoms with Crippen molar-refractivity contribution in [1.29, 1.82) is 0 Å². The third kappa shape index (κ3) is 6.17. The van der Waals surface area contributed by atoms with Crippen LogP contribution in [0.15, 0.2) is 84.9 Å². The van der Waals surface area contributed by atoms with Gasteiger partial charge in [-0.3, -0.25) is 0 Å². The highest BCUT2D eigenvalue weighted by Gasteiger charge is 2.25. The van der Waals surface area contributed by atoms with Crippen LogP contribution in [0, 0.1) is 0 Å². The monoisotopic (exact) mass is 556 g/mol. The summed E-state index contributed by atoms with van der Waals surface area (Å²) in [6.45, 7) is 3.94. The van der Waals surface area contributed by atoms with E-state index in [4.69, 9.17) is 9.47 Å². The maximum absolute atomic E-state index is 11.5. The van der Waals surface area contributed by atoms with E-state index in [9.17, 15) is 39.6 Å². The quantitative estimate of drug-likeness (QED) is 0.172. The van der Waals surface area contributed by atoms with E-state index < -0.39 is 40.4 Å². The molecule has 4 aromatic carbocycles. The molecule has 41 heavy (non-hydrogen) atoms. The van der Waals surface area contributed by atoms with Gasteiger partial charge < -0.3 is 29.9 Å². The van der Waals surface area contributed by atoms with Gasteiger partial charge in [0.25, 0.3) is 0 Å². The molecule has 0 bridgehead atoms. The van der Waals surface area contributed by atoms with Crippen molar-refractivity contribution in [2.75, 3.05) is 0 Å². The number of benzene rings is 4. The Morgan fingerprint density at radius 1 is 0.488 bits per heavy atom. The fourth-order valence-electron chi connectivity index (χ4n) is 4.24. The lowest BCUT2D eigenvalue weighted by molar-refractivity contribution is 0.0651. The fraction of sp³-hybridized carbons (Fsp3) is 0.0968. The molecule has 0 unspecified atom stereocenters. The molecule has 10 nitrogen and oxygen atoms in total. The zero-order valence-corrected chi connectivity index (χ0v) is 21.8. The van der Waals surface area contributed by atoms with Crippen LogP contribution in [0.2, 0.25) is 0 Å². The molecule has 0 radical (unpaired) electrons. The van der Waals surface area contributed by atoms with Gasteiger partial charge in [-0.25, -0.2) is 19.2 Å². The van der Waals surface area contributed by atoms with Crippen molar-refractivity contribution >= 4 is 23.9 Å². The van der Waals surface area contributed by atoms with Crippen LogP contribution in [0.1, 0.15) is 66.4 Å². The first-order chi connectivity index (χ1) is 19.4. The van der Waals surface area contributed by atoms with E-state index >= 15 is 0 Å². The molecule has 0 amide bonds. The standard InChI is InChI=1S/C31H24O10/c1-31(2,17-5-3-7-19(13-17)40-21-9-11-23(27(32)33)25(15-21)29(36)37)18-6-4-8-20(14-18)41-22-10-12-24(28(34)35)26(16-22)30(38)39/h3-16H,1-2H3,(H,32,33)(H,34,35)(H,36,37)(H,38,39). The number of carboxylic acid groups (broad SMARTS) is 4. The van der Waals surface area contributed by atoms with Crippen molar-refractivity contribution in [1.82, 2.24) is 0 Å². The van der Waals surface area contributed by atoms with Gasteiger partial charge in [0, 0.05) is 5.41 Å². The van der Waals surface area contributed by atoms with Gasteiger partial charge in [0.15, 0.2) is 0 Å². The van der Waals surface area contributed by atoms with Crippen molar-refractivity contribution < 1.29 is 49.1 Å². The average Bonchev–Trinajstić information content (AvgIpc) is 2.93. The summed E-state index contributed by atoms with van der Waals surface area (Å²) in [7, 11) is 0. The van der Waals surface area contributed by atoms with Crippen molar-refractivity contribution in [3.8, 4) is 23.0 Å². The van der Waals surface area contributed by atoms with Crippen LogP contribution in [0.5, 0.6) is 23.0 Å². The van der Waals surface area contributed by atoms with E-state index in [2.05, 4.69) is 0 Å². The van der Waals surface area contributed by atoms with Gasteiger partial charge in [-0.15, -0.1) is 0 Å². The summed E-state index contributed by atoms with van der Waals surface area (Å²) in [6, 6.07) is 21.7. The molecule has 0 aliphatic carbocycles. The van der Waals surface area contributed by atoms with Gasteiger partial charge in [0.2, 0.25) is 0 Å². The molecule has 0 heterocycles. The summed E-state index contributed by atoms with van der Waals surface area (Å²) in [4.78, 5) is 45.7. The van der Waals surface area contributed by atoms with E-state index in [0.717, 1.165) is 23.3 Å². The second-order valence-electron chi connectivity index (χ2n) is 9.52. The molecule has 0 spiro atoms. The summed E-state index contributed by atoms with van der Waals surface area (Å²) in [5, 5.41) is 37.3. The Kier molecular flexibility index (Phi) is 7.77. The second-order valence-corrected chi connectivity index (χ2v) is 9.52. The summed E-state index contributed by atoms with van der Waals surface area (Å²) < 4.78 is 11.7. The lowest BCUT2D eigenvalue weighted by Gasteiger charge is -2.27. The van der Waals surface area contributed by atoms with Crippen molar-refractivity contribution in [3.05, 3.63) is 118 Å². The van der Waals surface area contributed by atoms with Gasteiger partial charge in [-0.1, -0.05) is 38.1 Å². The van der Waals surface area contributed by atoms with Gasteiger partial charge in [0.05, 0.1) is 22.3 Å². The van der Waals surface area contributed by atoms with Crippen molar-refractivity contribution in [2.45, 2.75) is 19.3 Å². The highest BCUT2D eigenvalue weighted by atomic mass is 16.5. The molecule has 4 rings (SSSR count). The van der Waals surface area contributed by atoms with E-state index in [1.54, 1.807) is 36.4 Å². The maximum Gasteiger partial charge on any atom is 0.336 e. The molecule has 0 saturated heterocycles. The van der Waals surface area contributed by atoms with E-state index in [0.29, 0.717) is 11.5 Å². The van der Waals surface area contributed by atoms with Gasteiger partial charge in [-0.05, 0) is 71.8 Å². The summed E-state index contributed by atoms with van der Waals surface area (Å²) >= 11 is 0. The van der Waals surface area contributed by atoms with Crippen molar-refractivity contribution in [3.63, 3.8) is 0 Å². The Morgan fingerprint density at radius 3 is 1.17 bits per heavy atom. The molecule has 4 aromatic rings. The molecule has 208 valence electrons. The second kappa shape index (κ2) is 11.2. The van der Waals surface area contributed by atoms with Gasteiger partial charge in [-0.2, -0.15) is 0 Å². The molecule has 0 atom stereocenters. The number of ether oxygens (including phenoxy) is 2. The molecule has 4 N–H and O–H groups in total. The Morgan fingerprint density at radius 2 is 0.829 bits per heavy atom. The van der Waals surface area contributed by atoms with E-state index in [1.807, 2.05) is 26.0 Å². The first-order valence-corrected chi connectivity index (χ1v) is 12.1. The Hall–Kier alpha value is -5.64. The van der Waals surface area contributed by atoms with Crippen LogP contribution in [0.25, 0.3) is 0 Å². The average molecular weight is 557 g/mol. The minimum atomic E-state index is -1.39. The summed E-state index contributed by atoms with van der Waals surface area (Å²) in [5.41, 5.74) is -0.388. The van der Waals surface area contributed by atoms with Crippen molar-refractivity contribution in [2.24, 2.45) is 0 Å². The molecule has 0 saturated carbocycles. The minimum absolute atomic E-state index is 0.160. The molecule has 0 aliphatic heterocycles. The van der Waals surface area contributed by atoms with Gasteiger partial charge >= 0.3 is 23.9 Å². The number of carbonyl (C=O) groups is 4. The first-order valence-electron chi connectivity index (χ1n) is 12.1. The number of carboxylic acids is 4. The van der Waals surface area contributed by atoms with Crippen LogP contribution in [-0.4, -0.2) is 44.3 Å². The number of rotatable bonds is 10. The van der Waals surface area contributed by atoms with Gasteiger partial charge in [0.1, 0.15) is 23.0 Å². The zero-order chi connectivity index (χ0) is 29.9. The Labute approximate surface area is 233 Å². The largest absolute Gasteiger partial charge is 0.478 e. The maximum atomic E-state index is 11.5. The molecular weight excluding hydrogens is 532 g/mol. The van der Waals surface area contributed by atoms with Crippen LogP contribution in [-0.2, 0) is 5.41 Å². The van der Waals surface area contributed by atoms with Crippen LogP contribution < -0.4 is 9.47 Å². The third-order valence-electron chi connectivity index (χ3n) is 6.49. The lowest BCUT2D eigenvalue weighted by Crippen LogP contribution is -2.18. The Bertz CT molecular complexity index is 1560. The molecule has 0 fully saturated rings. The third-order valence-corrected chi connectivity index (χ3v) is 6.49. The number of hydrogen-bond acceptors (Lipinski definition) is 6. The van der Waals surface area contributed by atoms with E-state index in [-0.39, 0.29) is 22.6 Å². The number of aromatic carboxylic acids is 4. The summed E-state index contributed by atoms with van der Waals surface area (Å²) in [6.07, 6.45) is 0. The molecule has 0 aliphatic rings. The summed E-state index contributed by atoms with van der Waals surface area (Å²) in [5.74, 6) is -4.36. The fourth-order valence-corrected chi connectivity index (χ4v) is 4.24. The topological polar surface area (TPSA) is 168 Å². The highest BCUT2D eigenvalue weighted by molar-refractivity contribution is 6.02. The highest BCUT2D eigenvalue weighted by Crippen LogP contribution is 2.37. The van der Waals surface area contributed by atoms with E-state index in [1.165, 1.54) is 24.3 Å².